The fourth-order valence-corrected chi connectivity index (χ4v) is 6.42. The normalized spacial score (nSPS) is 23.3. The van der Waals surface area contributed by atoms with E-state index in [1.54, 1.807) is 24.0 Å². The lowest BCUT2D eigenvalue weighted by Crippen LogP contribution is -2.51. The number of fused-ring (bicyclic) bond motifs is 2. The number of anilines is 1. The summed E-state index contributed by atoms with van der Waals surface area (Å²) < 4.78 is 14.7. The van der Waals surface area contributed by atoms with E-state index in [1.165, 1.54) is 0 Å². The Morgan fingerprint density at radius 3 is 2.76 bits per heavy atom. The fraction of sp³-hybridized carbons (Fsp3) is 0.483. The van der Waals surface area contributed by atoms with Crippen LogP contribution in [0.25, 0.3) is 27.9 Å². The van der Waals surface area contributed by atoms with Gasteiger partial charge < -0.3 is 29.6 Å². The molecule has 4 aromatic rings. The number of pyridine rings is 1. The number of nitrogens with zero attached hydrogens (tertiary/aromatic N) is 6. The molecule has 2 amide bonds. The molecule has 12 nitrogen and oxygen atoms in total. The maximum atomic E-state index is 13.3. The van der Waals surface area contributed by atoms with Crippen molar-refractivity contribution < 1.29 is 19.1 Å². The molecule has 2 saturated heterocycles. The van der Waals surface area contributed by atoms with Gasteiger partial charge in [-0.1, -0.05) is 0 Å². The smallest absolute Gasteiger partial charge is 0.257 e. The highest BCUT2D eigenvalue weighted by molar-refractivity contribution is 6.01. The van der Waals surface area contributed by atoms with Crippen molar-refractivity contribution in [2.75, 3.05) is 39.2 Å². The van der Waals surface area contributed by atoms with Crippen LogP contribution in [0.4, 0.5) is 5.82 Å². The Morgan fingerprint density at radius 1 is 1.15 bits per heavy atom. The highest BCUT2D eigenvalue weighted by atomic mass is 16.5. The summed E-state index contributed by atoms with van der Waals surface area (Å²) in [4.78, 5) is 38.1. The summed E-state index contributed by atoms with van der Waals surface area (Å²) in [5.41, 5.74) is 3.25. The van der Waals surface area contributed by atoms with Crippen molar-refractivity contribution in [3.63, 3.8) is 0 Å². The van der Waals surface area contributed by atoms with E-state index in [1.807, 2.05) is 30.1 Å². The standard InChI is InChI=1S/C29H34N8O4/c1-30-25-13-23(33-28-20(14-32-37(25)28)29(39)34-22-5-6-24(22)40-2)21-16-36(27-19(21)4-3-9-31-27)18-12-26(38)35(15-18)17-7-10-41-11-8-17/h3-4,9,13-14,16-18,22,24,30H,5-8,10-12,15H2,1-2H3,(H,34,39)/t18-,22+,24+/m0/s1. The third kappa shape index (κ3) is 4.41. The van der Waals surface area contributed by atoms with Crippen molar-refractivity contribution in [2.24, 2.45) is 0 Å². The number of likely N-dealkylation sites (tertiary alicyclic amines) is 1. The second-order valence-corrected chi connectivity index (χ2v) is 11.1. The van der Waals surface area contributed by atoms with Crippen LogP contribution in [0, 0.1) is 0 Å². The lowest BCUT2D eigenvalue weighted by atomic mass is 9.89. The number of hydrogen-bond acceptors (Lipinski definition) is 8. The topological polar surface area (TPSA) is 128 Å². The Hall–Kier alpha value is -4.03. The Kier molecular flexibility index (Phi) is 6.58. The predicted octanol–water partition coefficient (Wildman–Crippen LogP) is 2.65. The van der Waals surface area contributed by atoms with Gasteiger partial charge in [0, 0.05) is 75.8 Å². The summed E-state index contributed by atoms with van der Waals surface area (Å²) in [7, 11) is 3.48. The number of carbonyl (C=O) groups is 2. The number of rotatable bonds is 7. The number of hydrogen-bond donors (Lipinski definition) is 2. The zero-order valence-electron chi connectivity index (χ0n) is 23.2. The van der Waals surface area contributed by atoms with Crippen molar-refractivity contribution >= 4 is 34.3 Å². The average Bonchev–Trinajstić information content (AvgIpc) is 3.70. The predicted molar refractivity (Wildman–Crippen MR) is 152 cm³/mol. The number of nitrogens with one attached hydrogen (secondary N) is 2. The van der Waals surface area contributed by atoms with Gasteiger partial charge >= 0.3 is 0 Å². The first-order valence-corrected chi connectivity index (χ1v) is 14.3. The highest BCUT2D eigenvalue weighted by Gasteiger charge is 2.37. The molecule has 4 aromatic heterocycles. The molecule has 1 aliphatic carbocycles. The molecule has 214 valence electrons. The number of aromatic nitrogens is 5. The van der Waals surface area contributed by atoms with E-state index < -0.39 is 0 Å². The summed E-state index contributed by atoms with van der Waals surface area (Å²) >= 11 is 0. The van der Waals surface area contributed by atoms with Crippen molar-refractivity contribution in [2.45, 2.75) is 56.3 Å². The van der Waals surface area contributed by atoms with E-state index in [0.717, 1.165) is 42.3 Å². The molecule has 3 aliphatic rings. The summed E-state index contributed by atoms with van der Waals surface area (Å²) in [6.07, 6.45) is 9.41. The Balaban J connectivity index is 1.26. The van der Waals surface area contributed by atoms with Gasteiger partial charge in [-0.05, 0) is 37.8 Å². The Labute approximate surface area is 237 Å². The molecule has 7 rings (SSSR count). The summed E-state index contributed by atoms with van der Waals surface area (Å²) in [6.45, 7) is 2.04. The van der Waals surface area contributed by atoms with Crippen LogP contribution in [0.3, 0.4) is 0 Å². The number of carbonyl (C=O) groups excluding carboxylic acids is 2. The highest BCUT2D eigenvalue weighted by Crippen LogP contribution is 2.36. The van der Waals surface area contributed by atoms with E-state index in [-0.39, 0.29) is 36.0 Å². The second kappa shape index (κ2) is 10.4. The van der Waals surface area contributed by atoms with Gasteiger partial charge in [0.1, 0.15) is 17.0 Å². The van der Waals surface area contributed by atoms with Gasteiger partial charge in [0.05, 0.1) is 30.1 Å². The van der Waals surface area contributed by atoms with Gasteiger partial charge in [-0.2, -0.15) is 9.61 Å². The van der Waals surface area contributed by atoms with Gasteiger partial charge in [-0.15, -0.1) is 0 Å². The molecule has 0 radical (unpaired) electrons. The molecule has 2 N–H and O–H groups in total. The van der Waals surface area contributed by atoms with Gasteiger partial charge in [-0.25, -0.2) is 9.97 Å². The van der Waals surface area contributed by atoms with E-state index in [4.69, 9.17) is 19.4 Å². The average molecular weight is 559 g/mol. The molecule has 0 bridgehead atoms. The van der Waals surface area contributed by atoms with Crippen LogP contribution in [0.5, 0.6) is 0 Å². The van der Waals surface area contributed by atoms with E-state index >= 15 is 0 Å². The minimum absolute atomic E-state index is 0.0201. The molecule has 3 atom stereocenters. The summed E-state index contributed by atoms with van der Waals surface area (Å²) in [5, 5.41) is 11.7. The summed E-state index contributed by atoms with van der Waals surface area (Å²) in [6, 6.07) is 6.03. The Bertz CT molecular complexity index is 1620. The van der Waals surface area contributed by atoms with E-state index in [2.05, 4.69) is 26.5 Å². The third-order valence-electron chi connectivity index (χ3n) is 8.83. The first-order valence-electron chi connectivity index (χ1n) is 14.3. The van der Waals surface area contributed by atoms with Gasteiger partial charge in [0.15, 0.2) is 5.65 Å². The van der Waals surface area contributed by atoms with Crippen molar-refractivity contribution in [3.05, 3.63) is 42.4 Å². The van der Waals surface area contributed by atoms with E-state index in [9.17, 15) is 9.59 Å². The minimum atomic E-state index is -0.222. The molecule has 41 heavy (non-hydrogen) atoms. The molecule has 0 spiro atoms. The lowest BCUT2D eigenvalue weighted by molar-refractivity contribution is -0.131. The Morgan fingerprint density at radius 2 is 2.00 bits per heavy atom. The van der Waals surface area contributed by atoms with Crippen LogP contribution >= 0.6 is 0 Å². The SMILES string of the molecule is CNc1cc(-c2cn([C@H]3CC(=O)N(C4CCOCC4)C3)c3ncccc23)nc2c(C(=O)N[C@@H]3CC[C@H]3OC)cnn12. The zero-order valence-corrected chi connectivity index (χ0v) is 23.2. The van der Waals surface area contributed by atoms with Crippen molar-refractivity contribution in [1.29, 1.82) is 0 Å². The second-order valence-electron chi connectivity index (χ2n) is 11.1. The molecule has 0 unspecified atom stereocenters. The van der Waals surface area contributed by atoms with Crippen LogP contribution in [0.15, 0.2) is 36.8 Å². The number of methoxy groups -OCH3 is 1. The molecule has 0 aromatic carbocycles. The molecule has 12 heteroatoms. The van der Waals surface area contributed by atoms with E-state index in [0.29, 0.717) is 48.9 Å². The molecule has 3 fully saturated rings. The van der Waals surface area contributed by atoms with Crippen LogP contribution in [-0.2, 0) is 14.3 Å². The van der Waals surface area contributed by atoms with Crippen molar-refractivity contribution in [1.82, 2.24) is 34.4 Å². The maximum Gasteiger partial charge on any atom is 0.257 e. The monoisotopic (exact) mass is 558 g/mol. The zero-order chi connectivity index (χ0) is 28.1. The molecular formula is C29H34N8O4. The minimum Gasteiger partial charge on any atom is -0.381 e. The molecular weight excluding hydrogens is 524 g/mol. The van der Waals surface area contributed by atoms with Crippen LogP contribution in [0.1, 0.15) is 48.5 Å². The van der Waals surface area contributed by atoms with Crippen molar-refractivity contribution in [3.8, 4) is 11.3 Å². The molecule has 2 aliphatic heterocycles. The summed E-state index contributed by atoms with van der Waals surface area (Å²) in [5.74, 6) is 0.657. The van der Waals surface area contributed by atoms with Gasteiger partial charge in [0.25, 0.3) is 5.91 Å². The van der Waals surface area contributed by atoms with Crippen LogP contribution in [0.2, 0.25) is 0 Å². The fourth-order valence-electron chi connectivity index (χ4n) is 6.42. The van der Waals surface area contributed by atoms with Gasteiger partial charge in [0.2, 0.25) is 5.91 Å². The maximum absolute atomic E-state index is 13.3. The first kappa shape index (κ1) is 25.9. The first-order chi connectivity index (χ1) is 20.1. The third-order valence-corrected chi connectivity index (χ3v) is 8.83. The van der Waals surface area contributed by atoms with Crippen LogP contribution < -0.4 is 10.6 Å². The molecule has 6 heterocycles. The van der Waals surface area contributed by atoms with Gasteiger partial charge in [-0.3, -0.25) is 9.59 Å². The lowest BCUT2D eigenvalue weighted by Gasteiger charge is -2.35. The van der Waals surface area contributed by atoms with Crippen LogP contribution in [-0.4, -0.2) is 93.0 Å². The molecule has 1 saturated carbocycles. The number of ether oxygens (including phenoxy) is 2. The largest absolute Gasteiger partial charge is 0.381 e. The quantitative estimate of drug-likeness (QED) is 0.354. The number of amides is 2.